The highest BCUT2D eigenvalue weighted by Crippen LogP contribution is 2.38. The summed E-state index contributed by atoms with van der Waals surface area (Å²) in [5.74, 6) is 0.968. The van der Waals surface area contributed by atoms with Crippen molar-refractivity contribution in [3.05, 3.63) is 25.0 Å². The zero-order valence-electron chi connectivity index (χ0n) is 13.6. The van der Waals surface area contributed by atoms with Gasteiger partial charge in [-0.25, -0.2) is 0 Å². The SMILES string of the molecule is C=CCCCCC(=C)O[Si](C)(C)C(C)(C)C.I[BH-](I)I. The first kappa shape index (κ1) is 24.0. The summed E-state index contributed by atoms with van der Waals surface area (Å²) in [4.78, 5) is 0. The monoisotopic (exact) mass is 633 g/mol. The van der Waals surface area contributed by atoms with Gasteiger partial charge in [0.05, 0.1) is 5.76 Å². The van der Waals surface area contributed by atoms with Gasteiger partial charge in [0.25, 0.3) is 0 Å². The molecule has 0 aromatic rings. The average molecular weight is 633 g/mol. The third-order valence-electron chi connectivity index (χ3n) is 3.32. The second-order valence-electron chi connectivity index (χ2n) is 6.24. The Labute approximate surface area is 168 Å². The summed E-state index contributed by atoms with van der Waals surface area (Å²) in [6.07, 6.45) is 6.38. The lowest BCUT2D eigenvalue weighted by Gasteiger charge is -2.37. The van der Waals surface area contributed by atoms with Crippen LogP contribution in [0.2, 0.25) is 18.1 Å². The van der Waals surface area contributed by atoms with Crippen molar-refractivity contribution in [1.82, 2.24) is 0 Å². The normalized spacial score (nSPS) is 11.7. The van der Waals surface area contributed by atoms with Gasteiger partial charge in [-0.2, -0.15) is 0 Å². The Morgan fingerprint density at radius 3 is 2.00 bits per heavy atom. The van der Waals surface area contributed by atoms with Gasteiger partial charge in [0, 0.05) is 6.42 Å². The van der Waals surface area contributed by atoms with Gasteiger partial charge in [-0.1, -0.05) is 33.4 Å². The van der Waals surface area contributed by atoms with Gasteiger partial charge in [-0.15, -0.1) is 6.58 Å². The molecule has 0 aromatic heterocycles. The van der Waals surface area contributed by atoms with Crippen LogP contribution in [0.15, 0.2) is 25.0 Å². The van der Waals surface area contributed by atoms with Gasteiger partial charge < -0.3 is 71.5 Å². The van der Waals surface area contributed by atoms with Gasteiger partial charge in [-0.3, -0.25) is 0 Å². The average Bonchev–Trinajstić information content (AvgIpc) is 2.21. The standard InChI is InChI=1S/C14H28OSi.BHI3/c1-8-9-10-11-12-13(2)15-16(6,7)14(3,4)5;2-1(3)4/h8H,1-2,9-12H2,3-7H3;1H/q;-1. The molecule has 0 rings (SSSR count). The Morgan fingerprint density at radius 1 is 1.20 bits per heavy atom. The van der Waals surface area contributed by atoms with E-state index in [9.17, 15) is 0 Å². The van der Waals surface area contributed by atoms with E-state index < -0.39 is 8.32 Å². The van der Waals surface area contributed by atoms with Crippen molar-refractivity contribution in [3.63, 3.8) is 0 Å². The minimum atomic E-state index is -1.66. The van der Waals surface area contributed by atoms with Gasteiger partial charge in [0.15, 0.2) is 0.282 Å². The van der Waals surface area contributed by atoms with Gasteiger partial charge in [-0.05, 0) is 37.4 Å². The maximum Gasteiger partial charge on any atom is 0.250 e. The predicted octanol–water partition coefficient (Wildman–Crippen LogP) is 7.28. The smallest absolute Gasteiger partial charge is 0.250 e. The predicted molar refractivity (Wildman–Crippen MR) is 125 cm³/mol. The molecule has 120 valence electrons. The maximum absolute atomic E-state index is 6.10. The molecule has 1 nitrogen and oxygen atoms in total. The highest BCUT2D eigenvalue weighted by molar-refractivity contribution is 14.4. The quantitative estimate of drug-likeness (QED) is 0.0943. The zero-order chi connectivity index (χ0) is 16.4. The molecular weight excluding hydrogens is 604 g/mol. The minimum Gasteiger partial charge on any atom is -0.547 e. The van der Waals surface area contributed by atoms with Crippen LogP contribution in [0.4, 0.5) is 0 Å². The van der Waals surface area contributed by atoms with Crippen LogP contribution in [0.5, 0.6) is 0 Å². The summed E-state index contributed by atoms with van der Waals surface area (Å²) in [7, 11) is -1.66. The molecule has 0 amide bonds. The van der Waals surface area contributed by atoms with Crippen LogP contribution in [-0.4, -0.2) is 8.60 Å². The third kappa shape index (κ3) is 14.7. The fraction of sp³-hybridized carbons (Fsp3) is 0.714. The largest absolute Gasteiger partial charge is 0.547 e. The molecule has 0 aliphatic rings. The molecule has 0 spiro atoms. The first-order valence-corrected chi connectivity index (χ1v) is 14.5. The van der Waals surface area contributed by atoms with Crippen molar-refractivity contribution in [2.45, 2.75) is 64.6 Å². The van der Waals surface area contributed by atoms with Crippen LogP contribution in [0.3, 0.4) is 0 Å². The minimum absolute atomic E-state index is 0.160. The molecule has 0 aromatic carbocycles. The lowest BCUT2D eigenvalue weighted by Crippen LogP contribution is -2.40. The zero-order valence-corrected chi connectivity index (χ0v) is 21.0. The van der Waals surface area contributed by atoms with E-state index in [1.807, 2.05) is 6.08 Å². The highest BCUT2D eigenvalue weighted by atomic mass is 127. The number of unbranched alkanes of at least 4 members (excludes halogenated alkanes) is 2. The molecule has 0 fully saturated rings. The van der Waals surface area contributed by atoms with Crippen LogP contribution >= 0.6 is 67.1 Å². The van der Waals surface area contributed by atoms with E-state index >= 15 is 0 Å². The van der Waals surface area contributed by atoms with E-state index in [1.54, 1.807) is 0 Å². The molecule has 0 aliphatic heterocycles. The Bertz CT molecular complexity index is 286. The molecule has 0 unspecified atom stereocenters. The molecule has 0 atom stereocenters. The third-order valence-corrected chi connectivity index (χ3v) is 7.73. The Hall–Kier alpha value is 1.75. The Balaban J connectivity index is 0. The highest BCUT2D eigenvalue weighted by Gasteiger charge is 2.38. The number of allylic oxidation sites excluding steroid dienone is 2. The van der Waals surface area contributed by atoms with Crippen molar-refractivity contribution in [2.24, 2.45) is 0 Å². The second-order valence-corrected chi connectivity index (χ2v) is 24.3. The van der Waals surface area contributed by atoms with Crippen LogP contribution in [0, 0.1) is 0 Å². The molecule has 6 heteroatoms. The molecule has 0 aliphatic carbocycles. The van der Waals surface area contributed by atoms with Crippen molar-refractivity contribution < 1.29 is 4.43 Å². The van der Waals surface area contributed by atoms with Crippen molar-refractivity contribution >= 4 is 75.7 Å². The second kappa shape index (κ2) is 12.2. The van der Waals surface area contributed by atoms with Crippen molar-refractivity contribution in [3.8, 4) is 0 Å². The number of hydrogen-bond donors (Lipinski definition) is 0. The Kier molecular flexibility index (Phi) is 14.7. The van der Waals surface area contributed by atoms with Crippen LogP contribution in [0.25, 0.3) is 0 Å². The van der Waals surface area contributed by atoms with Crippen LogP contribution < -0.4 is 0 Å². The molecule has 0 N–H and O–H groups in total. The van der Waals surface area contributed by atoms with E-state index in [-0.39, 0.29) is 5.32 Å². The van der Waals surface area contributed by atoms with Crippen molar-refractivity contribution in [1.29, 1.82) is 0 Å². The van der Waals surface area contributed by atoms with E-state index in [2.05, 4.69) is 114 Å². The molecule has 0 saturated carbocycles. The molecule has 0 radical (unpaired) electrons. The first-order chi connectivity index (χ1) is 8.94. The molecule has 0 saturated heterocycles. The van der Waals surface area contributed by atoms with E-state index in [0.29, 0.717) is 0 Å². The molecule has 0 bridgehead atoms. The van der Waals surface area contributed by atoms with Crippen LogP contribution in [-0.2, 0) is 4.43 Å². The summed E-state index contributed by atoms with van der Waals surface area (Å²) < 4.78 is 6.26. The topological polar surface area (TPSA) is 9.23 Å². The lowest BCUT2D eigenvalue weighted by molar-refractivity contribution is 0.364. The van der Waals surface area contributed by atoms with Gasteiger partial charge in [0.2, 0.25) is 8.32 Å². The summed E-state index contributed by atoms with van der Waals surface area (Å²) >= 11 is 7.20. The van der Waals surface area contributed by atoms with E-state index in [0.717, 1.165) is 25.0 Å². The van der Waals surface area contributed by atoms with Gasteiger partial charge >= 0.3 is 0 Å². The fourth-order valence-electron chi connectivity index (χ4n) is 1.18. The molecular formula is C14H29BI3OSi-. The number of hydrogen-bond acceptors (Lipinski definition) is 1. The number of rotatable bonds is 7. The van der Waals surface area contributed by atoms with Gasteiger partial charge in [0.1, 0.15) is 0 Å². The lowest BCUT2D eigenvalue weighted by atomic mass is 10.2. The van der Waals surface area contributed by atoms with E-state index in [1.165, 1.54) is 6.42 Å². The summed E-state index contributed by atoms with van der Waals surface area (Å²) in [5, 5.41) is 0.261. The first-order valence-electron chi connectivity index (χ1n) is 6.98. The summed E-state index contributed by atoms with van der Waals surface area (Å²) in [6.45, 7) is 19.1. The van der Waals surface area contributed by atoms with Crippen molar-refractivity contribution in [2.75, 3.05) is 0 Å². The fourth-order valence-corrected chi connectivity index (χ4v) is 2.31. The van der Waals surface area contributed by atoms with E-state index in [4.69, 9.17) is 4.43 Å². The molecule has 0 heterocycles. The summed E-state index contributed by atoms with van der Waals surface area (Å²) in [6, 6.07) is 0. The molecule has 20 heavy (non-hydrogen) atoms. The van der Waals surface area contributed by atoms with Crippen LogP contribution in [0.1, 0.15) is 46.5 Å². The summed E-state index contributed by atoms with van der Waals surface area (Å²) in [5.41, 5.74) is 0. The maximum atomic E-state index is 6.10. The number of halogens is 3. The Morgan fingerprint density at radius 2 is 1.65 bits per heavy atom.